The summed E-state index contributed by atoms with van der Waals surface area (Å²) in [5, 5.41) is 0.997. The summed E-state index contributed by atoms with van der Waals surface area (Å²) >= 11 is 0. The van der Waals surface area contributed by atoms with E-state index in [1.165, 1.54) is 12.3 Å². The molecule has 20 heavy (non-hydrogen) atoms. The lowest BCUT2D eigenvalue weighted by Gasteiger charge is -2.09. The molecule has 3 heteroatoms. The number of pyridine rings is 1. The second-order valence-electron chi connectivity index (χ2n) is 4.96. The van der Waals surface area contributed by atoms with Crippen molar-refractivity contribution in [3.63, 3.8) is 0 Å². The molecule has 0 fully saturated rings. The molecule has 0 saturated carbocycles. The maximum Gasteiger partial charge on any atom is 0.141 e. The topological polar surface area (TPSA) is 12.9 Å². The molecule has 0 saturated heterocycles. The second-order valence-corrected chi connectivity index (χ2v) is 4.96. The Morgan fingerprint density at radius 3 is 2.45 bits per heavy atom. The van der Waals surface area contributed by atoms with Gasteiger partial charge in [0.25, 0.3) is 0 Å². The molecular weight excluding hydrogens is 256 g/mol. The zero-order valence-corrected chi connectivity index (χ0v) is 11.2. The number of hydrogen-bond donors (Lipinski definition) is 0. The summed E-state index contributed by atoms with van der Waals surface area (Å²) in [6, 6.07) is 10.1. The molecule has 0 N–H and O–H groups in total. The van der Waals surface area contributed by atoms with Crippen molar-refractivity contribution in [3.05, 3.63) is 65.5 Å². The van der Waals surface area contributed by atoms with Gasteiger partial charge in [0.05, 0.1) is 5.56 Å². The Bertz CT molecular complexity index is 792. The maximum atomic E-state index is 14.6. The van der Waals surface area contributed by atoms with Crippen molar-refractivity contribution in [3.8, 4) is 11.1 Å². The zero-order valence-electron chi connectivity index (χ0n) is 11.2. The van der Waals surface area contributed by atoms with Crippen LogP contribution in [0.25, 0.3) is 21.9 Å². The summed E-state index contributed by atoms with van der Waals surface area (Å²) in [5.41, 5.74) is 2.22. The molecule has 100 valence electrons. The van der Waals surface area contributed by atoms with E-state index in [1.54, 1.807) is 24.3 Å². The van der Waals surface area contributed by atoms with Crippen LogP contribution in [0, 0.1) is 25.5 Å². The first-order valence-electron chi connectivity index (χ1n) is 6.37. The highest BCUT2D eigenvalue weighted by Crippen LogP contribution is 2.32. The van der Waals surface area contributed by atoms with Gasteiger partial charge in [0, 0.05) is 22.8 Å². The van der Waals surface area contributed by atoms with Crippen molar-refractivity contribution in [1.29, 1.82) is 0 Å². The minimum atomic E-state index is -0.564. The summed E-state index contributed by atoms with van der Waals surface area (Å²) in [7, 11) is 0. The van der Waals surface area contributed by atoms with Crippen LogP contribution in [0.3, 0.4) is 0 Å². The average Bonchev–Trinajstić information content (AvgIpc) is 2.40. The van der Waals surface area contributed by atoms with Gasteiger partial charge in [0.2, 0.25) is 0 Å². The van der Waals surface area contributed by atoms with Gasteiger partial charge in [-0.1, -0.05) is 29.8 Å². The lowest BCUT2D eigenvalue weighted by molar-refractivity contribution is 0.598. The van der Waals surface area contributed by atoms with Gasteiger partial charge < -0.3 is 0 Å². The van der Waals surface area contributed by atoms with Crippen molar-refractivity contribution in [1.82, 2.24) is 4.98 Å². The van der Waals surface area contributed by atoms with E-state index in [2.05, 4.69) is 4.98 Å². The SMILES string of the molecule is Cc1ccc2c(F)c(-c3ccc(C)nc3)c(F)cc2c1. The first-order chi connectivity index (χ1) is 9.56. The van der Waals surface area contributed by atoms with Crippen molar-refractivity contribution in [2.45, 2.75) is 13.8 Å². The van der Waals surface area contributed by atoms with Crippen LogP contribution >= 0.6 is 0 Å². The maximum absolute atomic E-state index is 14.6. The van der Waals surface area contributed by atoms with Crippen LogP contribution in [0.4, 0.5) is 8.78 Å². The molecule has 1 heterocycles. The lowest BCUT2D eigenvalue weighted by Crippen LogP contribution is -1.94. The summed E-state index contributed by atoms with van der Waals surface area (Å²) in [6.45, 7) is 3.73. The molecule has 0 radical (unpaired) electrons. The fourth-order valence-electron chi connectivity index (χ4n) is 2.33. The summed E-state index contributed by atoms with van der Waals surface area (Å²) in [5.74, 6) is -1.10. The van der Waals surface area contributed by atoms with Gasteiger partial charge in [-0.15, -0.1) is 0 Å². The standard InChI is InChI=1S/C17H13F2N/c1-10-3-6-14-13(7-10)8-15(18)16(17(14)19)12-5-4-11(2)20-9-12/h3-9H,1-2H3. The Balaban J connectivity index is 2.31. The van der Waals surface area contributed by atoms with Crippen LogP contribution < -0.4 is 0 Å². The molecule has 0 aliphatic rings. The number of nitrogens with zero attached hydrogens (tertiary/aromatic N) is 1. The van der Waals surface area contributed by atoms with Crippen molar-refractivity contribution in [2.75, 3.05) is 0 Å². The van der Waals surface area contributed by atoms with Gasteiger partial charge in [0.15, 0.2) is 0 Å². The molecule has 0 spiro atoms. The van der Waals surface area contributed by atoms with Gasteiger partial charge in [-0.3, -0.25) is 4.98 Å². The number of fused-ring (bicyclic) bond motifs is 1. The predicted molar refractivity (Wildman–Crippen MR) is 76.6 cm³/mol. The number of benzene rings is 2. The number of aryl methyl sites for hydroxylation is 2. The molecule has 0 aliphatic heterocycles. The third-order valence-electron chi connectivity index (χ3n) is 3.38. The molecule has 1 nitrogen and oxygen atoms in total. The van der Waals surface area contributed by atoms with Crippen LogP contribution in [-0.4, -0.2) is 4.98 Å². The zero-order chi connectivity index (χ0) is 14.3. The van der Waals surface area contributed by atoms with Crippen molar-refractivity contribution in [2.24, 2.45) is 0 Å². The number of aromatic nitrogens is 1. The smallest absolute Gasteiger partial charge is 0.141 e. The summed E-state index contributed by atoms with van der Waals surface area (Å²) < 4.78 is 28.8. The van der Waals surface area contributed by atoms with E-state index in [0.29, 0.717) is 16.3 Å². The molecule has 0 unspecified atom stereocenters. The van der Waals surface area contributed by atoms with E-state index in [9.17, 15) is 8.78 Å². The van der Waals surface area contributed by atoms with E-state index >= 15 is 0 Å². The Kier molecular flexibility index (Phi) is 2.97. The van der Waals surface area contributed by atoms with E-state index in [1.807, 2.05) is 19.9 Å². The quantitative estimate of drug-likeness (QED) is 0.618. The Hall–Kier alpha value is -2.29. The highest BCUT2D eigenvalue weighted by atomic mass is 19.1. The summed E-state index contributed by atoms with van der Waals surface area (Å²) in [4.78, 5) is 4.10. The Morgan fingerprint density at radius 2 is 1.75 bits per heavy atom. The largest absolute Gasteiger partial charge is 0.261 e. The number of halogens is 2. The highest BCUT2D eigenvalue weighted by Gasteiger charge is 2.15. The van der Waals surface area contributed by atoms with Crippen LogP contribution in [0.15, 0.2) is 42.6 Å². The van der Waals surface area contributed by atoms with Crippen molar-refractivity contribution >= 4 is 10.8 Å². The van der Waals surface area contributed by atoms with Crippen LogP contribution in [0.5, 0.6) is 0 Å². The summed E-state index contributed by atoms with van der Waals surface area (Å²) in [6.07, 6.45) is 1.50. The Labute approximate surface area is 115 Å². The molecule has 0 amide bonds. The monoisotopic (exact) mass is 269 g/mol. The van der Waals surface area contributed by atoms with Crippen molar-refractivity contribution < 1.29 is 8.78 Å². The van der Waals surface area contributed by atoms with Gasteiger partial charge in [-0.05, 0) is 31.4 Å². The van der Waals surface area contributed by atoms with Crippen LogP contribution in [0.1, 0.15) is 11.3 Å². The molecule has 0 aliphatic carbocycles. The molecule has 3 rings (SSSR count). The highest BCUT2D eigenvalue weighted by molar-refractivity contribution is 5.89. The normalized spacial score (nSPS) is 11.0. The van der Waals surface area contributed by atoms with E-state index < -0.39 is 11.6 Å². The predicted octanol–water partition coefficient (Wildman–Crippen LogP) is 4.80. The fraction of sp³-hybridized carbons (Fsp3) is 0.118. The van der Waals surface area contributed by atoms with E-state index in [0.717, 1.165) is 11.3 Å². The van der Waals surface area contributed by atoms with Gasteiger partial charge in [-0.25, -0.2) is 8.78 Å². The molecular formula is C17H13F2N. The third-order valence-corrected chi connectivity index (χ3v) is 3.38. The van der Waals surface area contributed by atoms with E-state index in [-0.39, 0.29) is 5.56 Å². The minimum Gasteiger partial charge on any atom is -0.261 e. The third kappa shape index (κ3) is 2.05. The number of hydrogen-bond acceptors (Lipinski definition) is 1. The van der Waals surface area contributed by atoms with E-state index in [4.69, 9.17) is 0 Å². The van der Waals surface area contributed by atoms with Gasteiger partial charge in [0.1, 0.15) is 11.6 Å². The van der Waals surface area contributed by atoms with Gasteiger partial charge in [-0.2, -0.15) is 0 Å². The first kappa shape index (κ1) is 12.7. The Morgan fingerprint density at radius 1 is 0.950 bits per heavy atom. The number of rotatable bonds is 1. The lowest BCUT2D eigenvalue weighted by atomic mass is 9.99. The van der Waals surface area contributed by atoms with Crippen LogP contribution in [-0.2, 0) is 0 Å². The molecule has 1 aromatic heterocycles. The molecule has 0 atom stereocenters. The second kappa shape index (κ2) is 4.67. The first-order valence-corrected chi connectivity index (χ1v) is 6.37. The fourth-order valence-corrected chi connectivity index (χ4v) is 2.33. The molecule has 2 aromatic carbocycles. The molecule has 0 bridgehead atoms. The minimum absolute atomic E-state index is 0.0196. The van der Waals surface area contributed by atoms with Crippen LogP contribution in [0.2, 0.25) is 0 Å². The van der Waals surface area contributed by atoms with Gasteiger partial charge >= 0.3 is 0 Å². The average molecular weight is 269 g/mol. The molecule has 3 aromatic rings.